The molecule has 1 N–H and O–H groups in total. The summed E-state index contributed by atoms with van der Waals surface area (Å²) in [6.45, 7) is 2.80. The maximum atomic E-state index is 12.7. The van der Waals surface area contributed by atoms with Gasteiger partial charge in [0.25, 0.3) is 0 Å². The molecule has 25 heavy (non-hydrogen) atoms. The van der Waals surface area contributed by atoms with E-state index in [0.29, 0.717) is 19.6 Å². The van der Waals surface area contributed by atoms with Crippen LogP contribution in [0.1, 0.15) is 29.7 Å². The number of carbonyl (C=O) groups excluding carboxylic acids is 2. The molecule has 0 bridgehead atoms. The number of methoxy groups -OCH3 is 1. The quantitative estimate of drug-likeness (QED) is 0.923. The number of benzene rings is 1. The Morgan fingerprint density at radius 3 is 2.72 bits per heavy atom. The summed E-state index contributed by atoms with van der Waals surface area (Å²) in [7, 11) is 1.62. The summed E-state index contributed by atoms with van der Waals surface area (Å²) in [4.78, 5) is 30.6. The number of fused-ring (bicyclic) bond motifs is 1. The molecule has 0 radical (unpaired) electrons. The first kappa shape index (κ1) is 17.0. The number of aromatic nitrogens is 1. The summed E-state index contributed by atoms with van der Waals surface area (Å²) in [6.07, 6.45) is 1.69. The van der Waals surface area contributed by atoms with Gasteiger partial charge < -0.3 is 15.0 Å². The molecule has 1 aromatic heterocycles. The number of amides is 2. The van der Waals surface area contributed by atoms with Crippen LogP contribution < -0.4 is 10.1 Å². The third-order valence-electron chi connectivity index (χ3n) is 4.41. The molecule has 1 aliphatic rings. The Labute approximate surface area is 146 Å². The van der Waals surface area contributed by atoms with Gasteiger partial charge >= 0.3 is 0 Å². The van der Waals surface area contributed by atoms with Crippen molar-refractivity contribution >= 4 is 11.8 Å². The molecule has 1 aliphatic heterocycles. The van der Waals surface area contributed by atoms with Crippen LogP contribution in [0.4, 0.5) is 0 Å². The molecule has 0 spiro atoms. The monoisotopic (exact) mass is 339 g/mol. The Balaban J connectivity index is 1.72. The van der Waals surface area contributed by atoms with E-state index in [0.717, 1.165) is 22.6 Å². The highest BCUT2D eigenvalue weighted by Crippen LogP contribution is 2.26. The van der Waals surface area contributed by atoms with Crippen molar-refractivity contribution in [3.8, 4) is 5.75 Å². The molecule has 0 fully saturated rings. The highest BCUT2D eigenvalue weighted by molar-refractivity contribution is 5.85. The molecule has 1 unspecified atom stereocenters. The molecule has 3 rings (SSSR count). The minimum Gasteiger partial charge on any atom is -0.497 e. The number of hydrogen-bond acceptors (Lipinski definition) is 4. The van der Waals surface area contributed by atoms with Gasteiger partial charge in [0.2, 0.25) is 11.8 Å². The Hall–Kier alpha value is -2.89. The van der Waals surface area contributed by atoms with Gasteiger partial charge in [0.05, 0.1) is 18.7 Å². The average Bonchev–Trinajstić information content (AvgIpc) is 2.65. The molecule has 0 saturated carbocycles. The molecule has 2 aromatic rings. The molecular formula is C19H21N3O3. The van der Waals surface area contributed by atoms with Gasteiger partial charge in [0.1, 0.15) is 5.75 Å². The van der Waals surface area contributed by atoms with Crippen LogP contribution in [0.15, 0.2) is 42.6 Å². The lowest BCUT2D eigenvalue weighted by atomic mass is 9.93. The van der Waals surface area contributed by atoms with E-state index in [1.54, 1.807) is 18.2 Å². The van der Waals surface area contributed by atoms with Crippen LogP contribution in [0.5, 0.6) is 5.75 Å². The van der Waals surface area contributed by atoms with Crippen molar-refractivity contribution in [1.29, 1.82) is 0 Å². The second-order valence-electron chi connectivity index (χ2n) is 6.07. The Bertz CT molecular complexity index is 774. The standard InChI is InChI=1S/C19H21N3O3/c1-13(23)22-11-15-4-3-9-20-18(15)17(12-22)19(24)21-10-14-5-7-16(25-2)8-6-14/h3-9,17H,10-12H2,1-2H3,(H,21,24). The molecule has 0 saturated heterocycles. The number of pyridine rings is 1. The summed E-state index contributed by atoms with van der Waals surface area (Å²) in [5, 5.41) is 2.95. The van der Waals surface area contributed by atoms with Gasteiger partial charge in [0.15, 0.2) is 0 Å². The van der Waals surface area contributed by atoms with E-state index in [1.807, 2.05) is 36.4 Å². The number of nitrogens with zero attached hydrogens (tertiary/aromatic N) is 2. The SMILES string of the molecule is COc1ccc(CNC(=O)C2CN(C(C)=O)Cc3cccnc32)cc1. The minimum atomic E-state index is -0.452. The Kier molecular flexibility index (Phi) is 4.97. The van der Waals surface area contributed by atoms with Gasteiger partial charge in [-0.2, -0.15) is 0 Å². The third kappa shape index (κ3) is 3.79. The van der Waals surface area contributed by atoms with Crippen LogP contribution in [0.3, 0.4) is 0 Å². The van der Waals surface area contributed by atoms with Crippen LogP contribution in [0.2, 0.25) is 0 Å². The number of carbonyl (C=O) groups is 2. The number of nitrogens with one attached hydrogen (secondary N) is 1. The van der Waals surface area contributed by atoms with Crippen molar-refractivity contribution in [1.82, 2.24) is 15.2 Å². The van der Waals surface area contributed by atoms with Gasteiger partial charge in [-0.15, -0.1) is 0 Å². The lowest BCUT2D eigenvalue weighted by molar-refractivity contribution is -0.131. The molecule has 130 valence electrons. The summed E-state index contributed by atoms with van der Waals surface area (Å²) in [6, 6.07) is 11.3. The van der Waals surface area contributed by atoms with Gasteiger partial charge in [-0.3, -0.25) is 14.6 Å². The first-order valence-electron chi connectivity index (χ1n) is 8.18. The molecule has 0 aliphatic carbocycles. The normalized spacial score (nSPS) is 16.1. The van der Waals surface area contributed by atoms with E-state index in [4.69, 9.17) is 4.74 Å². The Morgan fingerprint density at radius 2 is 2.04 bits per heavy atom. The second-order valence-corrected chi connectivity index (χ2v) is 6.07. The van der Waals surface area contributed by atoms with Crippen molar-refractivity contribution in [2.45, 2.75) is 25.9 Å². The van der Waals surface area contributed by atoms with Crippen molar-refractivity contribution in [2.24, 2.45) is 0 Å². The maximum Gasteiger partial charge on any atom is 0.231 e. The lowest BCUT2D eigenvalue weighted by Crippen LogP contribution is -2.43. The van der Waals surface area contributed by atoms with Crippen LogP contribution >= 0.6 is 0 Å². The van der Waals surface area contributed by atoms with Gasteiger partial charge in [0, 0.05) is 32.8 Å². The van der Waals surface area contributed by atoms with Crippen LogP contribution in [-0.2, 0) is 22.7 Å². The van der Waals surface area contributed by atoms with Gasteiger partial charge in [-0.25, -0.2) is 0 Å². The molecule has 2 heterocycles. The summed E-state index contributed by atoms with van der Waals surface area (Å²) >= 11 is 0. The highest BCUT2D eigenvalue weighted by atomic mass is 16.5. The summed E-state index contributed by atoms with van der Waals surface area (Å²) in [5.41, 5.74) is 2.66. The average molecular weight is 339 g/mol. The number of rotatable bonds is 4. The van der Waals surface area contributed by atoms with E-state index < -0.39 is 5.92 Å². The largest absolute Gasteiger partial charge is 0.497 e. The molecule has 6 heteroatoms. The smallest absolute Gasteiger partial charge is 0.231 e. The van der Waals surface area contributed by atoms with E-state index in [1.165, 1.54) is 6.92 Å². The predicted molar refractivity (Wildman–Crippen MR) is 92.9 cm³/mol. The number of hydrogen-bond donors (Lipinski definition) is 1. The first-order valence-corrected chi connectivity index (χ1v) is 8.18. The van der Waals surface area contributed by atoms with Crippen molar-refractivity contribution in [3.63, 3.8) is 0 Å². The van der Waals surface area contributed by atoms with E-state index in [-0.39, 0.29) is 11.8 Å². The minimum absolute atomic E-state index is 0.0394. The zero-order valence-corrected chi connectivity index (χ0v) is 14.4. The molecule has 2 amide bonds. The topological polar surface area (TPSA) is 71.5 Å². The zero-order valence-electron chi connectivity index (χ0n) is 14.4. The van der Waals surface area contributed by atoms with Crippen LogP contribution in [-0.4, -0.2) is 35.4 Å². The zero-order chi connectivity index (χ0) is 17.8. The molecule has 6 nitrogen and oxygen atoms in total. The van der Waals surface area contributed by atoms with E-state index in [2.05, 4.69) is 10.3 Å². The third-order valence-corrected chi connectivity index (χ3v) is 4.41. The van der Waals surface area contributed by atoms with E-state index >= 15 is 0 Å². The van der Waals surface area contributed by atoms with Gasteiger partial charge in [-0.1, -0.05) is 18.2 Å². The predicted octanol–water partition coefficient (Wildman–Crippen LogP) is 1.85. The maximum absolute atomic E-state index is 12.7. The molecule has 1 atom stereocenters. The van der Waals surface area contributed by atoms with Crippen molar-refractivity contribution < 1.29 is 14.3 Å². The first-order chi connectivity index (χ1) is 12.1. The van der Waals surface area contributed by atoms with Crippen molar-refractivity contribution in [2.75, 3.05) is 13.7 Å². The van der Waals surface area contributed by atoms with E-state index in [9.17, 15) is 9.59 Å². The fourth-order valence-corrected chi connectivity index (χ4v) is 2.98. The fourth-order valence-electron chi connectivity index (χ4n) is 2.98. The van der Waals surface area contributed by atoms with Gasteiger partial charge in [-0.05, 0) is 29.3 Å². The number of ether oxygens (including phenoxy) is 1. The Morgan fingerprint density at radius 1 is 1.28 bits per heavy atom. The second kappa shape index (κ2) is 7.34. The molecule has 1 aromatic carbocycles. The van der Waals surface area contributed by atoms with Crippen LogP contribution in [0.25, 0.3) is 0 Å². The highest BCUT2D eigenvalue weighted by Gasteiger charge is 2.32. The van der Waals surface area contributed by atoms with Crippen LogP contribution in [0, 0.1) is 0 Å². The molecular weight excluding hydrogens is 318 g/mol. The lowest BCUT2D eigenvalue weighted by Gasteiger charge is -2.32. The summed E-state index contributed by atoms with van der Waals surface area (Å²) < 4.78 is 5.13. The fraction of sp³-hybridized carbons (Fsp3) is 0.316. The summed E-state index contributed by atoms with van der Waals surface area (Å²) in [5.74, 6) is 0.161. The van der Waals surface area contributed by atoms with Crippen molar-refractivity contribution in [3.05, 3.63) is 59.4 Å².